The summed E-state index contributed by atoms with van der Waals surface area (Å²) in [5.41, 5.74) is 3.35. The normalized spacial score (nSPS) is 15.3. The molecule has 1 aliphatic rings. The molecule has 1 amide bonds. The number of nitrogens with zero attached hydrogens (tertiary/aromatic N) is 2. The zero-order valence-electron chi connectivity index (χ0n) is 17.4. The lowest BCUT2D eigenvalue weighted by Gasteiger charge is -2.24. The fourth-order valence-corrected chi connectivity index (χ4v) is 3.69. The van der Waals surface area contributed by atoms with Crippen LogP contribution in [-0.4, -0.2) is 36.5 Å². The number of rotatable bonds is 7. The van der Waals surface area contributed by atoms with Crippen LogP contribution in [-0.2, 0) is 24.3 Å². The molecular formula is C23H24ClN3O4. The van der Waals surface area contributed by atoms with Crippen LogP contribution in [0.5, 0.6) is 11.5 Å². The molecule has 162 valence electrons. The van der Waals surface area contributed by atoms with Gasteiger partial charge in [0.15, 0.2) is 17.2 Å². The highest BCUT2D eigenvalue weighted by Crippen LogP contribution is 2.28. The Hall–Kier alpha value is -3.03. The Bertz CT molecular complexity index is 1070. The summed E-state index contributed by atoms with van der Waals surface area (Å²) in [6.07, 6.45) is 0.548. The first kappa shape index (κ1) is 21.2. The van der Waals surface area contributed by atoms with E-state index in [0.29, 0.717) is 48.3 Å². The summed E-state index contributed by atoms with van der Waals surface area (Å²) in [7, 11) is 3.20. The lowest BCUT2D eigenvalue weighted by molar-refractivity contribution is -0.00119. The average molecular weight is 442 g/mol. The van der Waals surface area contributed by atoms with E-state index in [9.17, 15) is 4.79 Å². The Morgan fingerprint density at radius 2 is 1.94 bits per heavy atom. The molecule has 2 aromatic carbocycles. The number of carbonyl (C=O) groups excluding carboxylic acids is 1. The molecule has 1 aliphatic heterocycles. The molecule has 0 bridgehead atoms. The van der Waals surface area contributed by atoms with Crippen molar-refractivity contribution in [3.8, 4) is 11.5 Å². The number of aromatic nitrogens is 2. The number of hydrogen-bond acceptors (Lipinski definition) is 5. The van der Waals surface area contributed by atoms with E-state index in [0.717, 1.165) is 16.8 Å². The molecule has 0 saturated heterocycles. The largest absolute Gasteiger partial charge is 0.493 e. The van der Waals surface area contributed by atoms with Gasteiger partial charge in [-0.15, -0.1) is 0 Å². The zero-order chi connectivity index (χ0) is 21.8. The third-order valence-corrected chi connectivity index (χ3v) is 5.51. The molecule has 7 nitrogen and oxygen atoms in total. The molecule has 31 heavy (non-hydrogen) atoms. The third kappa shape index (κ3) is 4.84. The van der Waals surface area contributed by atoms with Crippen molar-refractivity contribution in [2.75, 3.05) is 20.8 Å². The summed E-state index contributed by atoms with van der Waals surface area (Å²) in [6, 6.07) is 15.1. The van der Waals surface area contributed by atoms with E-state index in [-0.39, 0.29) is 12.0 Å². The molecule has 4 rings (SSSR count). The van der Waals surface area contributed by atoms with Gasteiger partial charge in [0.05, 0.1) is 33.1 Å². The first-order chi connectivity index (χ1) is 15.1. The van der Waals surface area contributed by atoms with Crippen molar-refractivity contribution in [1.82, 2.24) is 15.1 Å². The minimum Gasteiger partial charge on any atom is -0.493 e. The molecule has 8 heteroatoms. The Kier molecular flexibility index (Phi) is 6.44. The van der Waals surface area contributed by atoms with Gasteiger partial charge in [-0.2, -0.15) is 5.10 Å². The number of ether oxygens (including phenoxy) is 3. The fraction of sp³-hybridized carbons (Fsp3) is 0.304. The van der Waals surface area contributed by atoms with E-state index in [1.165, 1.54) is 0 Å². The van der Waals surface area contributed by atoms with E-state index < -0.39 is 0 Å². The Morgan fingerprint density at radius 3 is 2.68 bits per heavy atom. The van der Waals surface area contributed by atoms with Gasteiger partial charge in [-0.05, 0) is 47.9 Å². The molecule has 2 heterocycles. The maximum atomic E-state index is 12.6. The maximum absolute atomic E-state index is 12.6. The van der Waals surface area contributed by atoms with Crippen LogP contribution in [0.4, 0.5) is 0 Å². The van der Waals surface area contributed by atoms with Crippen molar-refractivity contribution in [2.45, 2.75) is 25.7 Å². The number of carbonyl (C=O) groups is 1. The fourth-order valence-electron chi connectivity index (χ4n) is 3.56. The second-order valence-corrected chi connectivity index (χ2v) is 7.69. The number of benzene rings is 2. The molecule has 3 aromatic rings. The third-order valence-electron chi connectivity index (χ3n) is 5.26. The van der Waals surface area contributed by atoms with Crippen LogP contribution in [0.15, 0.2) is 48.5 Å². The van der Waals surface area contributed by atoms with Crippen LogP contribution < -0.4 is 14.8 Å². The van der Waals surface area contributed by atoms with Gasteiger partial charge in [-0.1, -0.05) is 29.8 Å². The lowest BCUT2D eigenvalue weighted by atomic mass is 10.1. The molecule has 0 spiro atoms. The summed E-state index contributed by atoms with van der Waals surface area (Å²) in [5.74, 6) is 1.15. The first-order valence-corrected chi connectivity index (χ1v) is 10.4. The van der Waals surface area contributed by atoms with Crippen LogP contribution in [0.25, 0.3) is 0 Å². The van der Waals surface area contributed by atoms with Crippen molar-refractivity contribution < 1.29 is 19.0 Å². The highest BCUT2D eigenvalue weighted by Gasteiger charge is 2.24. The summed E-state index contributed by atoms with van der Waals surface area (Å²) in [6.45, 7) is 1.44. The van der Waals surface area contributed by atoms with Gasteiger partial charge < -0.3 is 19.5 Å². The van der Waals surface area contributed by atoms with Crippen LogP contribution in [0.2, 0.25) is 5.02 Å². The lowest BCUT2D eigenvalue weighted by Crippen LogP contribution is -2.26. The summed E-state index contributed by atoms with van der Waals surface area (Å²) < 4.78 is 18.4. The first-order valence-electron chi connectivity index (χ1n) is 10.0. The molecule has 0 aliphatic carbocycles. The van der Waals surface area contributed by atoms with Crippen molar-refractivity contribution in [1.29, 1.82) is 0 Å². The molecular weight excluding hydrogens is 418 g/mol. The number of amides is 1. The molecule has 0 unspecified atom stereocenters. The number of halogens is 1. The van der Waals surface area contributed by atoms with Gasteiger partial charge in [0.2, 0.25) is 0 Å². The molecule has 1 aromatic heterocycles. The number of methoxy groups -OCH3 is 2. The smallest absolute Gasteiger partial charge is 0.271 e. The average Bonchev–Trinajstić information content (AvgIpc) is 3.23. The van der Waals surface area contributed by atoms with Gasteiger partial charge in [-0.3, -0.25) is 9.48 Å². The highest BCUT2D eigenvalue weighted by molar-refractivity contribution is 6.30. The van der Waals surface area contributed by atoms with Crippen LogP contribution in [0, 0.1) is 0 Å². The molecule has 0 saturated carbocycles. The number of fused-ring (bicyclic) bond motifs is 1. The van der Waals surface area contributed by atoms with Crippen molar-refractivity contribution in [3.63, 3.8) is 0 Å². The molecule has 1 atom stereocenters. The molecule has 1 N–H and O–H groups in total. The number of hydrogen-bond donors (Lipinski definition) is 1. The summed E-state index contributed by atoms with van der Waals surface area (Å²) in [4.78, 5) is 12.6. The summed E-state index contributed by atoms with van der Waals surface area (Å²) in [5, 5.41) is 8.10. The van der Waals surface area contributed by atoms with Crippen LogP contribution in [0.3, 0.4) is 0 Å². The standard InChI is InChI=1S/C23H24ClN3O4/c1-29-20-8-3-15(11-21(20)30-2)9-10-25-23(28)19-12-18-14-31-22(13-27(18)26-19)16-4-6-17(24)7-5-16/h3-8,11-12,22H,9-10,13-14H2,1-2H3,(H,25,28)/t22-/m1/s1. The van der Waals surface area contributed by atoms with Crippen LogP contribution >= 0.6 is 11.6 Å². The maximum Gasteiger partial charge on any atom is 0.271 e. The van der Waals surface area contributed by atoms with Crippen LogP contribution in [0.1, 0.15) is 33.4 Å². The predicted molar refractivity (Wildman–Crippen MR) is 117 cm³/mol. The Balaban J connectivity index is 1.35. The van der Waals surface area contributed by atoms with Gasteiger partial charge in [0, 0.05) is 11.6 Å². The molecule has 0 fully saturated rings. The highest BCUT2D eigenvalue weighted by atomic mass is 35.5. The quantitative estimate of drug-likeness (QED) is 0.603. The van der Waals surface area contributed by atoms with Crippen molar-refractivity contribution in [2.24, 2.45) is 0 Å². The van der Waals surface area contributed by atoms with Gasteiger partial charge >= 0.3 is 0 Å². The minimum absolute atomic E-state index is 0.120. The van der Waals surface area contributed by atoms with Crippen molar-refractivity contribution >= 4 is 17.5 Å². The van der Waals surface area contributed by atoms with Gasteiger partial charge in [0.25, 0.3) is 5.91 Å². The second-order valence-electron chi connectivity index (χ2n) is 7.25. The van der Waals surface area contributed by atoms with Gasteiger partial charge in [0.1, 0.15) is 6.10 Å². The zero-order valence-corrected chi connectivity index (χ0v) is 18.2. The monoisotopic (exact) mass is 441 g/mol. The predicted octanol–water partition coefficient (Wildman–Crippen LogP) is 3.80. The summed E-state index contributed by atoms with van der Waals surface area (Å²) >= 11 is 5.96. The van der Waals surface area contributed by atoms with E-state index >= 15 is 0 Å². The SMILES string of the molecule is COc1ccc(CCNC(=O)c2cc3n(n2)C[C@H](c2ccc(Cl)cc2)OC3)cc1OC. The minimum atomic E-state index is -0.203. The molecule has 0 radical (unpaired) electrons. The van der Waals surface area contributed by atoms with E-state index in [4.69, 9.17) is 25.8 Å². The van der Waals surface area contributed by atoms with E-state index in [2.05, 4.69) is 10.4 Å². The van der Waals surface area contributed by atoms with Crippen molar-refractivity contribution in [3.05, 3.63) is 76.1 Å². The number of nitrogens with one attached hydrogen (secondary N) is 1. The Labute approximate surface area is 185 Å². The van der Waals surface area contributed by atoms with E-state index in [1.54, 1.807) is 20.3 Å². The topological polar surface area (TPSA) is 74.6 Å². The second kappa shape index (κ2) is 9.41. The van der Waals surface area contributed by atoms with E-state index in [1.807, 2.05) is 47.1 Å². The van der Waals surface area contributed by atoms with Gasteiger partial charge in [-0.25, -0.2) is 0 Å². The Morgan fingerprint density at radius 1 is 1.16 bits per heavy atom.